The third-order valence-electron chi connectivity index (χ3n) is 4.72. The zero-order valence-electron chi connectivity index (χ0n) is 14.0. The van der Waals surface area contributed by atoms with Crippen LogP contribution < -0.4 is 5.56 Å². The van der Waals surface area contributed by atoms with Crippen LogP contribution in [-0.4, -0.2) is 43.2 Å². The highest BCUT2D eigenvalue weighted by atomic mass is 16.2. The maximum Gasteiger partial charge on any atom is 0.255 e. The number of H-pyrrole nitrogens is 1. The normalized spacial score (nSPS) is 15.6. The summed E-state index contributed by atoms with van der Waals surface area (Å²) in [6.07, 6.45) is 6.99. The zero-order valence-corrected chi connectivity index (χ0v) is 14.0. The number of amides is 1. The van der Waals surface area contributed by atoms with Gasteiger partial charge in [0.15, 0.2) is 0 Å². The average Bonchev–Trinajstić information content (AvgIpc) is 3.08. The lowest BCUT2D eigenvalue weighted by molar-refractivity contribution is 0.0711. The predicted molar refractivity (Wildman–Crippen MR) is 92.7 cm³/mol. The minimum atomic E-state index is -0.116. The quantitative estimate of drug-likeness (QED) is 0.772. The van der Waals surface area contributed by atoms with Gasteiger partial charge < -0.3 is 14.3 Å². The highest BCUT2D eigenvalue weighted by Crippen LogP contribution is 2.26. The topological polar surface area (TPSA) is 83.4 Å². The van der Waals surface area contributed by atoms with Crippen LogP contribution in [-0.2, 0) is 0 Å². The van der Waals surface area contributed by atoms with E-state index in [4.69, 9.17) is 0 Å². The van der Waals surface area contributed by atoms with Crippen molar-refractivity contribution in [2.45, 2.75) is 25.7 Å². The van der Waals surface area contributed by atoms with Gasteiger partial charge in [-0.2, -0.15) is 0 Å². The van der Waals surface area contributed by atoms with Gasteiger partial charge >= 0.3 is 0 Å². The van der Waals surface area contributed by atoms with Crippen molar-refractivity contribution in [1.82, 2.24) is 24.3 Å². The third kappa shape index (κ3) is 3.05. The number of pyridine rings is 1. The first kappa shape index (κ1) is 15.6. The molecule has 1 N–H and O–H groups in total. The second-order valence-corrected chi connectivity index (χ2v) is 6.43. The Labute approximate surface area is 144 Å². The number of nitrogens with zero attached hydrogens (tertiary/aromatic N) is 4. The SMILES string of the molecule is Cc1nc(C2CCN(C(=O)c3ccc4nccn4c3)CC2)cc(=O)[nH]1. The number of aryl methyl sites for hydroxylation is 1. The van der Waals surface area contributed by atoms with Crippen LogP contribution in [0.4, 0.5) is 0 Å². The molecule has 0 radical (unpaired) electrons. The Balaban J connectivity index is 1.47. The largest absolute Gasteiger partial charge is 0.339 e. The number of nitrogens with one attached hydrogen (secondary N) is 1. The van der Waals surface area contributed by atoms with Crippen molar-refractivity contribution >= 4 is 11.6 Å². The van der Waals surface area contributed by atoms with E-state index >= 15 is 0 Å². The number of hydrogen-bond donors (Lipinski definition) is 1. The van der Waals surface area contributed by atoms with Crippen LogP contribution in [0.5, 0.6) is 0 Å². The minimum Gasteiger partial charge on any atom is -0.339 e. The first-order chi connectivity index (χ1) is 12.1. The Hall–Kier alpha value is -2.96. The van der Waals surface area contributed by atoms with E-state index in [9.17, 15) is 9.59 Å². The number of fused-ring (bicyclic) bond motifs is 1. The lowest BCUT2D eigenvalue weighted by atomic mass is 9.93. The maximum atomic E-state index is 12.7. The van der Waals surface area contributed by atoms with Crippen molar-refractivity contribution in [3.05, 3.63) is 64.2 Å². The number of carbonyl (C=O) groups is 1. The van der Waals surface area contributed by atoms with E-state index in [0.29, 0.717) is 24.5 Å². The second kappa shape index (κ2) is 6.16. The van der Waals surface area contributed by atoms with Crippen molar-refractivity contribution in [2.24, 2.45) is 0 Å². The Bertz CT molecular complexity index is 982. The molecule has 0 aliphatic carbocycles. The minimum absolute atomic E-state index is 0.0316. The fourth-order valence-electron chi connectivity index (χ4n) is 3.42. The zero-order chi connectivity index (χ0) is 17.4. The molecule has 3 aromatic rings. The summed E-state index contributed by atoms with van der Waals surface area (Å²) >= 11 is 0. The number of carbonyl (C=O) groups excluding carboxylic acids is 1. The van der Waals surface area contributed by atoms with Gasteiger partial charge in [-0.15, -0.1) is 0 Å². The number of hydrogen-bond acceptors (Lipinski definition) is 4. The molecule has 1 fully saturated rings. The molecule has 128 valence electrons. The molecule has 0 saturated carbocycles. The lowest BCUT2D eigenvalue weighted by Crippen LogP contribution is -2.38. The van der Waals surface area contributed by atoms with Gasteiger partial charge in [0.25, 0.3) is 11.5 Å². The molecule has 1 aliphatic heterocycles. The smallest absolute Gasteiger partial charge is 0.255 e. The van der Waals surface area contributed by atoms with E-state index in [0.717, 1.165) is 24.2 Å². The summed E-state index contributed by atoms with van der Waals surface area (Å²) in [4.78, 5) is 37.5. The summed E-state index contributed by atoms with van der Waals surface area (Å²) in [5.74, 6) is 0.889. The molecule has 7 nitrogen and oxygen atoms in total. The van der Waals surface area contributed by atoms with Gasteiger partial charge in [0.1, 0.15) is 11.5 Å². The molecule has 0 bridgehead atoms. The summed E-state index contributed by atoms with van der Waals surface area (Å²) in [6.45, 7) is 3.12. The molecule has 0 aromatic carbocycles. The van der Waals surface area contributed by atoms with Crippen LogP contribution in [0.1, 0.15) is 40.6 Å². The molecule has 0 spiro atoms. The van der Waals surface area contributed by atoms with Crippen LogP contribution in [0.25, 0.3) is 5.65 Å². The summed E-state index contributed by atoms with van der Waals surface area (Å²) < 4.78 is 1.85. The molecule has 0 unspecified atom stereocenters. The number of imidazole rings is 1. The van der Waals surface area contributed by atoms with Crippen LogP contribution >= 0.6 is 0 Å². The third-order valence-corrected chi connectivity index (χ3v) is 4.72. The summed E-state index contributed by atoms with van der Waals surface area (Å²) in [6, 6.07) is 5.24. The molecule has 7 heteroatoms. The standard InChI is InChI=1S/C18H19N5O2/c1-12-20-15(10-17(24)21-12)13-4-7-22(8-5-13)18(25)14-2-3-16-19-6-9-23(16)11-14/h2-3,6,9-11,13H,4-5,7-8H2,1H3,(H,20,21,24). The van der Waals surface area contributed by atoms with Gasteiger partial charge in [0, 0.05) is 43.7 Å². The summed E-state index contributed by atoms with van der Waals surface area (Å²) in [7, 11) is 0. The van der Waals surface area contributed by atoms with Gasteiger partial charge in [0.05, 0.1) is 11.3 Å². The van der Waals surface area contributed by atoms with Crippen molar-refractivity contribution in [3.8, 4) is 0 Å². The van der Waals surface area contributed by atoms with Gasteiger partial charge in [0.2, 0.25) is 0 Å². The molecule has 3 aromatic heterocycles. The fourth-order valence-corrected chi connectivity index (χ4v) is 3.42. The Morgan fingerprint density at radius 3 is 2.84 bits per heavy atom. The van der Waals surface area contributed by atoms with E-state index in [-0.39, 0.29) is 17.4 Å². The highest BCUT2D eigenvalue weighted by molar-refractivity contribution is 5.94. The average molecular weight is 337 g/mol. The van der Waals surface area contributed by atoms with Gasteiger partial charge in [-0.1, -0.05) is 0 Å². The van der Waals surface area contributed by atoms with Crippen LogP contribution in [0.15, 0.2) is 41.6 Å². The van der Waals surface area contributed by atoms with E-state index in [1.807, 2.05) is 33.8 Å². The lowest BCUT2D eigenvalue weighted by Gasteiger charge is -2.31. The highest BCUT2D eigenvalue weighted by Gasteiger charge is 2.26. The molecule has 1 saturated heterocycles. The number of rotatable bonds is 2. The monoisotopic (exact) mass is 337 g/mol. The van der Waals surface area contributed by atoms with Crippen molar-refractivity contribution < 1.29 is 4.79 Å². The predicted octanol–water partition coefficient (Wildman–Crippen LogP) is 1.75. The van der Waals surface area contributed by atoms with Crippen LogP contribution in [0, 0.1) is 6.92 Å². The van der Waals surface area contributed by atoms with Gasteiger partial charge in [-0.05, 0) is 31.9 Å². The van der Waals surface area contributed by atoms with E-state index in [1.54, 1.807) is 19.2 Å². The number of aromatic nitrogens is 4. The number of aromatic amines is 1. The second-order valence-electron chi connectivity index (χ2n) is 6.43. The van der Waals surface area contributed by atoms with Crippen molar-refractivity contribution in [1.29, 1.82) is 0 Å². The van der Waals surface area contributed by atoms with E-state index < -0.39 is 0 Å². The Morgan fingerprint density at radius 2 is 2.08 bits per heavy atom. The first-order valence-corrected chi connectivity index (χ1v) is 8.40. The Morgan fingerprint density at radius 1 is 1.28 bits per heavy atom. The number of likely N-dealkylation sites (tertiary alicyclic amines) is 1. The molecule has 1 aliphatic rings. The molecule has 25 heavy (non-hydrogen) atoms. The molecule has 0 atom stereocenters. The van der Waals surface area contributed by atoms with E-state index in [2.05, 4.69) is 15.0 Å². The first-order valence-electron chi connectivity index (χ1n) is 8.40. The molecular formula is C18H19N5O2. The van der Waals surface area contributed by atoms with Gasteiger partial charge in [-0.3, -0.25) is 9.59 Å². The Kier molecular flexibility index (Phi) is 3.83. The summed E-state index contributed by atoms with van der Waals surface area (Å²) in [5, 5.41) is 0. The van der Waals surface area contributed by atoms with Crippen molar-refractivity contribution in [2.75, 3.05) is 13.1 Å². The van der Waals surface area contributed by atoms with E-state index in [1.165, 1.54) is 0 Å². The molecular weight excluding hydrogens is 318 g/mol. The molecule has 4 heterocycles. The van der Waals surface area contributed by atoms with Crippen molar-refractivity contribution in [3.63, 3.8) is 0 Å². The maximum absolute atomic E-state index is 12.7. The number of piperidine rings is 1. The van der Waals surface area contributed by atoms with Crippen LogP contribution in [0.2, 0.25) is 0 Å². The molecule has 4 rings (SSSR count). The summed E-state index contributed by atoms with van der Waals surface area (Å²) in [5.41, 5.74) is 2.20. The molecule has 1 amide bonds. The van der Waals surface area contributed by atoms with Crippen LogP contribution in [0.3, 0.4) is 0 Å². The fraction of sp³-hybridized carbons (Fsp3) is 0.333. The van der Waals surface area contributed by atoms with Gasteiger partial charge in [-0.25, -0.2) is 9.97 Å².